The van der Waals surface area contributed by atoms with Gasteiger partial charge in [0.2, 0.25) is 15.9 Å². The molecule has 0 saturated carbocycles. The minimum absolute atomic E-state index is 0.0428. The first-order valence-electron chi connectivity index (χ1n) is 10.1. The third-order valence-corrected chi connectivity index (χ3v) is 7.12. The van der Waals surface area contributed by atoms with Crippen LogP contribution in [-0.2, 0) is 19.6 Å². The van der Waals surface area contributed by atoms with E-state index in [1.54, 1.807) is 25.3 Å². The number of hydrogen-bond acceptors (Lipinski definition) is 6. The first-order valence-corrected chi connectivity index (χ1v) is 11.5. The molecule has 0 spiro atoms. The van der Waals surface area contributed by atoms with E-state index >= 15 is 0 Å². The number of benzene rings is 2. The second kappa shape index (κ2) is 8.85. The van der Waals surface area contributed by atoms with E-state index in [0.29, 0.717) is 42.9 Å². The zero-order valence-corrected chi connectivity index (χ0v) is 18.6. The van der Waals surface area contributed by atoms with E-state index < -0.39 is 28.3 Å². The van der Waals surface area contributed by atoms with Crippen LogP contribution in [0, 0.1) is 12.7 Å². The van der Waals surface area contributed by atoms with Gasteiger partial charge in [0.25, 0.3) is 0 Å². The Bertz CT molecular complexity index is 1250. The van der Waals surface area contributed by atoms with Crippen LogP contribution in [0.15, 0.2) is 41.4 Å². The van der Waals surface area contributed by atoms with Gasteiger partial charge in [0.1, 0.15) is 10.7 Å². The Balaban J connectivity index is 1.46. The zero-order chi connectivity index (χ0) is 22.9. The molecule has 1 aliphatic rings. The number of nitrogens with zero attached hydrogens (tertiary/aromatic N) is 3. The molecule has 2 heterocycles. The normalized spacial score (nSPS) is 14.8. The maximum Gasteiger partial charge on any atom is 0.245 e. The summed E-state index contributed by atoms with van der Waals surface area (Å²) in [7, 11) is -2.65. The molecule has 3 aromatic rings. The molecule has 4 rings (SSSR count). The fraction of sp³-hybridized carbons (Fsp3) is 0.333. The van der Waals surface area contributed by atoms with E-state index in [0.717, 1.165) is 9.87 Å². The molecule has 32 heavy (non-hydrogen) atoms. The van der Waals surface area contributed by atoms with Crippen molar-refractivity contribution in [3.05, 3.63) is 47.9 Å². The van der Waals surface area contributed by atoms with Gasteiger partial charge in [0.15, 0.2) is 0 Å². The highest BCUT2D eigenvalue weighted by molar-refractivity contribution is 7.89. The predicted octanol–water partition coefficient (Wildman–Crippen LogP) is 2.11. The highest BCUT2D eigenvalue weighted by Gasteiger charge is 2.26. The maximum absolute atomic E-state index is 14.6. The number of nitrogens with one attached hydrogen (secondary N) is 2. The second-order valence-corrected chi connectivity index (χ2v) is 9.69. The molecule has 0 bridgehead atoms. The van der Waals surface area contributed by atoms with E-state index in [1.165, 1.54) is 19.2 Å². The maximum atomic E-state index is 14.6. The number of aromatic amines is 1. The number of sulfonamides is 1. The van der Waals surface area contributed by atoms with Crippen molar-refractivity contribution in [3.8, 4) is 0 Å². The van der Waals surface area contributed by atoms with E-state index in [-0.39, 0.29) is 10.6 Å². The van der Waals surface area contributed by atoms with Gasteiger partial charge in [-0.3, -0.25) is 9.89 Å². The van der Waals surface area contributed by atoms with Gasteiger partial charge >= 0.3 is 0 Å². The summed E-state index contributed by atoms with van der Waals surface area (Å²) in [6, 6.07) is 7.77. The number of morpholine rings is 1. The van der Waals surface area contributed by atoms with Crippen LogP contribution in [0.2, 0.25) is 0 Å². The van der Waals surface area contributed by atoms with Crippen LogP contribution in [0.25, 0.3) is 10.9 Å². The Kier molecular flexibility index (Phi) is 6.13. The number of rotatable bonds is 6. The third kappa shape index (κ3) is 4.45. The number of H-pyrrole nitrogens is 1. The lowest BCUT2D eigenvalue weighted by Crippen LogP contribution is -2.37. The lowest BCUT2D eigenvalue weighted by Gasteiger charge is -2.29. The fourth-order valence-electron chi connectivity index (χ4n) is 3.67. The molecule has 0 unspecified atom stereocenters. The molecule has 2 aromatic carbocycles. The van der Waals surface area contributed by atoms with Crippen molar-refractivity contribution in [2.45, 2.75) is 11.8 Å². The van der Waals surface area contributed by atoms with Crippen molar-refractivity contribution in [2.24, 2.45) is 0 Å². The van der Waals surface area contributed by atoms with Crippen LogP contribution in [0.5, 0.6) is 0 Å². The van der Waals surface area contributed by atoms with Crippen molar-refractivity contribution < 1.29 is 22.3 Å². The fourth-order valence-corrected chi connectivity index (χ4v) is 5.05. The lowest BCUT2D eigenvalue weighted by molar-refractivity contribution is -0.116. The summed E-state index contributed by atoms with van der Waals surface area (Å²) >= 11 is 0. The van der Waals surface area contributed by atoms with Gasteiger partial charge in [0.05, 0.1) is 37.2 Å². The molecule has 0 atom stereocenters. The number of carbonyl (C=O) groups is 1. The standard InChI is InChI=1S/C21H24FN5O4S/c1-14-9-15-12-23-25-21(15)19(10-14)32(29,30)26(2)13-20(28)24-16-3-4-18(17(22)11-16)27-5-7-31-8-6-27/h3-4,9-12H,5-8,13H2,1-2H3,(H,23,25)(H,24,28). The van der Waals surface area contributed by atoms with E-state index in [2.05, 4.69) is 15.5 Å². The average Bonchev–Trinajstić information content (AvgIpc) is 3.22. The molecule has 11 heteroatoms. The van der Waals surface area contributed by atoms with Crippen molar-refractivity contribution in [3.63, 3.8) is 0 Å². The number of fused-ring (bicyclic) bond motifs is 1. The van der Waals surface area contributed by atoms with Crippen molar-refractivity contribution in [2.75, 3.05) is 50.1 Å². The summed E-state index contributed by atoms with van der Waals surface area (Å²) < 4.78 is 47.0. The first-order chi connectivity index (χ1) is 15.3. The summed E-state index contributed by atoms with van der Waals surface area (Å²) in [4.78, 5) is 14.4. The van der Waals surface area contributed by atoms with Crippen molar-refractivity contribution in [1.82, 2.24) is 14.5 Å². The van der Waals surface area contributed by atoms with Crippen LogP contribution >= 0.6 is 0 Å². The van der Waals surface area contributed by atoms with Gasteiger partial charge in [-0.25, -0.2) is 12.8 Å². The number of anilines is 2. The molecule has 0 radical (unpaired) electrons. The molecule has 1 aromatic heterocycles. The first kappa shape index (κ1) is 22.2. The number of aromatic nitrogens is 2. The number of halogens is 1. The zero-order valence-electron chi connectivity index (χ0n) is 17.8. The van der Waals surface area contributed by atoms with E-state index in [1.807, 2.05) is 11.0 Å². The SMILES string of the molecule is Cc1cc(S(=O)(=O)N(C)CC(=O)Nc2ccc(N3CCOCC3)c(F)c2)c2[nH]ncc2c1. The summed E-state index contributed by atoms with van der Waals surface area (Å²) in [5, 5.41) is 9.83. The molecule has 1 saturated heterocycles. The van der Waals surface area contributed by atoms with E-state index in [9.17, 15) is 17.6 Å². The average molecular weight is 462 g/mol. The van der Waals surface area contributed by atoms with Gasteiger partial charge in [-0.05, 0) is 42.8 Å². The van der Waals surface area contributed by atoms with E-state index in [4.69, 9.17) is 4.74 Å². The molecule has 9 nitrogen and oxygen atoms in total. The summed E-state index contributed by atoms with van der Waals surface area (Å²) in [5.74, 6) is -1.05. The summed E-state index contributed by atoms with van der Waals surface area (Å²) in [5.41, 5.74) is 1.82. The minimum Gasteiger partial charge on any atom is -0.378 e. The molecular formula is C21H24FN5O4S. The highest BCUT2D eigenvalue weighted by atomic mass is 32.2. The number of amides is 1. The number of likely N-dealkylation sites (N-methyl/N-ethyl adjacent to an activating group) is 1. The van der Waals surface area contributed by atoms with Gasteiger partial charge in [-0.2, -0.15) is 9.40 Å². The Morgan fingerprint density at radius 2 is 2.03 bits per heavy atom. The summed E-state index contributed by atoms with van der Waals surface area (Å²) in [6.07, 6.45) is 1.54. The van der Waals surface area contributed by atoms with Gasteiger partial charge in [-0.1, -0.05) is 0 Å². The minimum atomic E-state index is -3.97. The van der Waals surface area contributed by atoms with Gasteiger partial charge in [-0.15, -0.1) is 0 Å². The lowest BCUT2D eigenvalue weighted by atomic mass is 10.2. The smallest absolute Gasteiger partial charge is 0.245 e. The third-order valence-electron chi connectivity index (χ3n) is 5.29. The number of carbonyl (C=O) groups excluding carboxylic acids is 1. The van der Waals surface area contributed by atoms with Crippen LogP contribution in [0.4, 0.5) is 15.8 Å². The largest absolute Gasteiger partial charge is 0.378 e. The second-order valence-electron chi connectivity index (χ2n) is 7.67. The van der Waals surface area contributed by atoms with Crippen LogP contribution in [-0.4, -0.2) is 68.7 Å². The monoisotopic (exact) mass is 461 g/mol. The molecule has 1 fully saturated rings. The topological polar surface area (TPSA) is 108 Å². The number of ether oxygens (including phenoxy) is 1. The van der Waals surface area contributed by atoms with Gasteiger partial charge in [0, 0.05) is 31.2 Å². The quantitative estimate of drug-likeness (QED) is 0.582. The molecule has 0 aliphatic carbocycles. The molecule has 1 aliphatic heterocycles. The van der Waals surface area contributed by atoms with Crippen LogP contribution < -0.4 is 10.2 Å². The Morgan fingerprint density at radius 3 is 2.75 bits per heavy atom. The molecule has 2 N–H and O–H groups in total. The summed E-state index contributed by atoms with van der Waals surface area (Å²) in [6.45, 7) is 3.60. The number of aryl methyl sites for hydroxylation is 1. The molecule has 1 amide bonds. The van der Waals surface area contributed by atoms with Crippen molar-refractivity contribution >= 4 is 38.2 Å². The Hall–Kier alpha value is -3.02. The Labute approximate surface area is 185 Å². The number of hydrogen-bond donors (Lipinski definition) is 2. The van der Waals surface area contributed by atoms with Crippen LogP contribution in [0.1, 0.15) is 5.56 Å². The molecular weight excluding hydrogens is 437 g/mol. The molecule has 170 valence electrons. The van der Waals surface area contributed by atoms with Gasteiger partial charge < -0.3 is 15.0 Å². The Morgan fingerprint density at radius 1 is 1.28 bits per heavy atom. The van der Waals surface area contributed by atoms with Crippen molar-refractivity contribution in [1.29, 1.82) is 0 Å². The predicted molar refractivity (Wildman–Crippen MR) is 119 cm³/mol. The highest BCUT2D eigenvalue weighted by Crippen LogP contribution is 2.26. The van der Waals surface area contributed by atoms with Crippen LogP contribution in [0.3, 0.4) is 0 Å².